The molecule has 1 atom stereocenters. The van der Waals surface area contributed by atoms with Gasteiger partial charge in [0.05, 0.1) is 5.25 Å². The first-order valence-electron chi connectivity index (χ1n) is 7.68. The van der Waals surface area contributed by atoms with Crippen LogP contribution in [0.5, 0.6) is 0 Å². The predicted octanol–water partition coefficient (Wildman–Crippen LogP) is 1.71. The van der Waals surface area contributed by atoms with Gasteiger partial charge in [-0.15, -0.1) is 0 Å². The molecular formula is C16H20N5OS+. The maximum absolute atomic E-state index is 12.6. The highest BCUT2D eigenvalue weighted by Crippen LogP contribution is 2.26. The van der Waals surface area contributed by atoms with E-state index < -0.39 is 0 Å². The van der Waals surface area contributed by atoms with Gasteiger partial charge in [-0.25, -0.2) is 4.98 Å². The predicted molar refractivity (Wildman–Crippen MR) is 87.2 cm³/mol. The van der Waals surface area contributed by atoms with E-state index in [1.54, 1.807) is 0 Å². The number of pyridine rings is 1. The molecule has 1 aliphatic heterocycles. The fourth-order valence-electron chi connectivity index (χ4n) is 2.59. The average Bonchev–Trinajstić information content (AvgIpc) is 2.83. The van der Waals surface area contributed by atoms with Crippen molar-refractivity contribution in [1.29, 1.82) is 10.5 Å². The Kier molecular flexibility index (Phi) is 5.84. The Bertz CT molecular complexity index is 668. The van der Waals surface area contributed by atoms with E-state index in [0.29, 0.717) is 10.6 Å². The average molecular weight is 330 g/mol. The van der Waals surface area contributed by atoms with E-state index in [9.17, 15) is 10.1 Å². The Hall–Kier alpha value is -2.25. The van der Waals surface area contributed by atoms with E-state index in [1.165, 1.54) is 30.7 Å². The molecule has 2 heterocycles. The van der Waals surface area contributed by atoms with Crippen LogP contribution in [0, 0.1) is 22.7 Å². The van der Waals surface area contributed by atoms with E-state index in [1.807, 2.05) is 24.0 Å². The van der Waals surface area contributed by atoms with Crippen LogP contribution in [-0.4, -0.2) is 29.1 Å². The van der Waals surface area contributed by atoms with Gasteiger partial charge in [0.25, 0.3) is 5.82 Å². The molecule has 0 radical (unpaired) electrons. The van der Waals surface area contributed by atoms with Crippen LogP contribution in [0.4, 0.5) is 5.82 Å². The van der Waals surface area contributed by atoms with Crippen molar-refractivity contribution in [3.8, 4) is 12.1 Å². The lowest BCUT2D eigenvalue weighted by molar-refractivity contribution is -0.410. The highest BCUT2D eigenvalue weighted by molar-refractivity contribution is 8.00. The van der Waals surface area contributed by atoms with Crippen LogP contribution in [0.1, 0.15) is 43.7 Å². The zero-order chi connectivity index (χ0) is 16.8. The fraction of sp³-hybridized carbons (Fsp3) is 0.500. The van der Waals surface area contributed by atoms with Gasteiger partial charge in [0.15, 0.2) is 5.03 Å². The largest absolute Gasteiger partial charge is 0.342 e. The molecule has 0 spiro atoms. The van der Waals surface area contributed by atoms with Crippen LogP contribution in [0.3, 0.4) is 0 Å². The zero-order valence-electron chi connectivity index (χ0n) is 13.1. The van der Waals surface area contributed by atoms with Crippen molar-refractivity contribution < 1.29 is 9.78 Å². The third-order valence-electron chi connectivity index (χ3n) is 3.87. The van der Waals surface area contributed by atoms with Crippen LogP contribution >= 0.6 is 11.8 Å². The Balaban J connectivity index is 2.15. The van der Waals surface area contributed by atoms with Gasteiger partial charge in [0, 0.05) is 13.1 Å². The van der Waals surface area contributed by atoms with Crippen LogP contribution in [-0.2, 0) is 4.79 Å². The lowest BCUT2D eigenvalue weighted by Gasteiger charge is -2.23. The third-order valence-corrected chi connectivity index (χ3v) is 4.99. The van der Waals surface area contributed by atoms with E-state index in [-0.39, 0.29) is 22.5 Å². The number of carbonyl (C=O) groups excluding carboxylic acids is 1. The molecule has 6 nitrogen and oxygen atoms in total. The number of nitrogens with one attached hydrogen (secondary N) is 1. The summed E-state index contributed by atoms with van der Waals surface area (Å²) in [4.78, 5) is 17.4. The summed E-state index contributed by atoms with van der Waals surface area (Å²) >= 11 is 1.28. The second kappa shape index (κ2) is 7.85. The molecule has 1 fully saturated rings. The van der Waals surface area contributed by atoms with Crippen molar-refractivity contribution in [2.45, 2.75) is 42.9 Å². The van der Waals surface area contributed by atoms with Gasteiger partial charge in [0.2, 0.25) is 5.91 Å². The molecule has 23 heavy (non-hydrogen) atoms. The summed E-state index contributed by atoms with van der Waals surface area (Å²) in [5.41, 5.74) is 6.34. The molecule has 1 aromatic heterocycles. The maximum Gasteiger partial charge on any atom is 0.289 e. The summed E-state index contributed by atoms with van der Waals surface area (Å²) in [5.74, 6) is 0.292. The number of thioether (sulfide) groups is 1. The number of nitrogens with zero attached hydrogens (tertiary/aromatic N) is 3. The Morgan fingerprint density at radius 2 is 1.87 bits per heavy atom. The van der Waals surface area contributed by atoms with Crippen molar-refractivity contribution in [1.82, 2.24) is 4.90 Å². The first-order valence-corrected chi connectivity index (χ1v) is 8.56. The molecule has 120 valence electrons. The molecule has 7 heteroatoms. The number of hydrogen-bond donors (Lipinski definition) is 1. The minimum absolute atomic E-state index is 0.0807. The van der Waals surface area contributed by atoms with Crippen molar-refractivity contribution in [2.75, 3.05) is 18.8 Å². The van der Waals surface area contributed by atoms with E-state index in [4.69, 9.17) is 11.0 Å². The Labute approximate surface area is 140 Å². The van der Waals surface area contributed by atoms with Crippen LogP contribution in [0.15, 0.2) is 11.1 Å². The topological polar surface area (TPSA) is 108 Å². The number of nitrogen functional groups attached to an aromatic ring is 1. The van der Waals surface area contributed by atoms with Gasteiger partial charge in [-0.05, 0) is 25.8 Å². The number of carbonyl (C=O) groups is 1. The summed E-state index contributed by atoms with van der Waals surface area (Å²) in [6, 6.07) is 5.44. The number of amides is 1. The number of rotatable bonds is 3. The van der Waals surface area contributed by atoms with Crippen molar-refractivity contribution in [3.63, 3.8) is 0 Å². The summed E-state index contributed by atoms with van der Waals surface area (Å²) < 4.78 is 0. The van der Waals surface area contributed by atoms with Crippen LogP contribution in [0.2, 0.25) is 0 Å². The molecule has 0 unspecified atom stereocenters. The Morgan fingerprint density at radius 1 is 1.26 bits per heavy atom. The minimum Gasteiger partial charge on any atom is -0.342 e. The number of aromatic amines is 1. The molecule has 1 aliphatic rings. The maximum atomic E-state index is 12.6. The smallest absolute Gasteiger partial charge is 0.289 e. The van der Waals surface area contributed by atoms with Crippen molar-refractivity contribution in [2.24, 2.45) is 0 Å². The second-order valence-corrected chi connectivity index (χ2v) is 6.91. The van der Waals surface area contributed by atoms with Crippen molar-refractivity contribution >= 4 is 23.5 Å². The molecule has 0 bridgehead atoms. The number of nitriles is 2. The molecule has 2 rings (SSSR count). The number of H-pyrrole nitrogens is 1. The molecule has 0 aliphatic carbocycles. The Morgan fingerprint density at radius 3 is 2.43 bits per heavy atom. The van der Waals surface area contributed by atoms with Gasteiger partial charge in [-0.3, -0.25) is 10.5 Å². The normalized spacial score (nSPS) is 16.0. The standard InChI is InChI=1S/C16H19N5OS/c1-11(16(22)21-6-4-2-3-5-7-21)23-15-13(10-18)8-12(9-17)14(19)20-15/h8,11H,2-7H2,1H3,(H2,19,20)/p+1/t11-/m1/s1. The lowest BCUT2D eigenvalue weighted by Crippen LogP contribution is -2.37. The number of nitrogens with two attached hydrogens (primary N) is 1. The number of aromatic nitrogens is 1. The molecule has 1 aromatic rings. The van der Waals surface area contributed by atoms with Gasteiger partial charge in [-0.2, -0.15) is 10.5 Å². The summed E-state index contributed by atoms with van der Waals surface area (Å²) in [7, 11) is 0. The lowest BCUT2D eigenvalue weighted by atomic mass is 10.2. The van der Waals surface area contributed by atoms with E-state index >= 15 is 0 Å². The molecule has 0 aromatic carbocycles. The van der Waals surface area contributed by atoms with E-state index in [2.05, 4.69) is 4.98 Å². The van der Waals surface area contributed by atoms with Crippen molar-refractivity contribution in [3.05, 3.63) is 17.2 Å². The number of likely N-dealkylation sites (tertiary alicyclic amines) is 1. The second-order valence-electron chi connectivity index (χ2n) is 5.56. The first kappa shape index (κ1) is 17.1. The van der Waals surface area contributed by atoms with Gasteiger partial charge >= 0.3 is 0 Å². The quantitative estimate of drug-likeness (QED) is 0.849. The summed E-state index contributed by atoms with van der Waals surface area (Å²) in [6.45, 7) is 3.43. The number of anilines is 1. The SMILES string of the molecule is C[C@@H](Sc1[nH+]c(N)c(C#N)cc1C#N)C(=O)N1CCCCCC1. The van der Waals surface area contributed by atoms with Gasteiger partial charge < -0.3 is 4.90 Å². The molecule has 3 N–H and O–H groups in total. The monoisotopic (exact) mass is 330 g/mol. The summed E-state index contributed by atoms with van der Waals surface area (Å²) in [6.07, 6.45) is 4.43. The highest BCUT2D eigenvalue weighted by atomic mass is 32.2. The molecule has 1 amide bonds. The fourth-order valence-corrected chi connectivity index (χ4v) is 3.59. The van der Waals surface area contributed by atoms with Crippen LogP contribution < -0.4 is 10.7 Å². The van der Waals surface area contributed by atoms with Crippen LogP contribution in [0.25, 0.3) is 0 Å². The summed E-state index contributed by atoms with van der Waals surface area (Å²) in [5, 5.41) is 18.4. The van der Waals surface area contributed by atoms with E-state index in [0.717, 1.165) is 25.9 Å². The zero-order valence-corrected chi connectivity index (χ0v) is 13.9. The minimum atomic E-state index is -0.316. The third kappa shape index (κ3) is 4.14. The molecule has 0 saturated carbocycles. The van der Waals surface area contributed by atoms with Gasteiger partial charge in [-0.1, -0.05) is 24.6 Å². The highest BCUT2D eigenvalue weighted by Gasteiger charge is 2.25. The van der Waals surface area contributed by atoms with Gasteiger partial charge in [0.1, 0.15) is 23.3 Å². The molecule has 1 saturated heterocycles. The first-order chi connectivity index (χ1) is 11.1. The number of hydrogen-bond acceptors (Lipinski definition) is 5. The molecular weight excluding hydrogens is 310 g/mol.